The third-order valence-corrected chi connectivity index (χ3v) is 8.20. The number of carbonyl (C=O) groups is 2. The van der Waals surface area contributed by atoms with Crippen molar-refractivity contribution in [2.45, 2.75) is 84.0 Å². The van der Waals surface area contributed by atoms with E-state index in [1.165, 1.54) is 71.3 Å². The predicted molar refractivity (Wildman–Crippen MR) is 138 cm³/mol. The number of methoxy groups -OCH3 is 1. The zero-order valence-electron chi connectivity index (χ0n) is 22.1. The highest BCUT2D eigenvalue weighted by molar-refractivity contribution is 5.88. The highest BCUT2D eigenvalue weighted by Crippen LogP contribution is 2.43. The van der Waals surface area contributed by atoms with Gasteiger partial charge in [0.15, 0.2) is 0 Å². The van der Waals surface area contributed by atoms with Gasteiger partial charge in [0.05, 0.1) is 37.6 Å². The quantitative estimate of drug-likeness (QED) is 0.181. The molecule has 0 saturated heterocycles. The van der Waals surface area contributed by atoms with E-state index in [2.05, 4.69) is 20.1 Å². The van der Waals surface area contributed by atoms with E-state index >= 15 is 0 Å². The van der Waals surface area contributed by atoms with E-state index in [0.717, 1.165) is 30.6 Å². The summed E-state index contributed by atoms with van der Waals surface area (Å²) in [5, 5.41) is 9.14. The van der Waals surface area contributed by atoms with Gasteiger partial charge in [-0.15, -0.1) is 0 Å². The van der Waals surface area contributed by atoms with Crippen LogP contribution < -0.4 is 0 Å². The topological polar surface area (TPSA) is 82.1 Å². The molecular formula is C29H48O6. The van der Waals surface area contributed by atoms with Gasteiger partial charge in [0, 0.05) is 13.0 Å². The molecule has 2 aliphatic carbocycles. The molecule has 2 saturated carbocycles. The van der Waals surface area contributed by atoms with Crippen molar-refractivity contribution in [3.63, 3.8) is 0 Å². The molecule has 200 valence electrons. The summed E-state index contributed by atoms with van der Waals surface area (Å²) in [7, 11) is 1.51. The fourth-order valence-corrected chi connectivity index (χ4v) is 5.91. The van der Waals surface area contributed by atoms with Crippen LogP contribution in [-0.4, -0.2) is 50.6 Å². The van der Waals surface area contributed by atoms with Crippen molar-refractivity contribution in [3.8, 4) is 0 Å². The number of ether oxygens (including phenoxy) is 3. The van der Waals surface area contributed by atoms with Crippen LogP contribution in [0, 0.1) is 29.6 Å². The number of aliphatic hydroxyl groups is 1. The maximum atomic E-state index is 12.2. The fraction of sp³-hybridized carbons (Fsp3) is 0.793. The summed E-state index contributed by atoms with van der Waals surface area (Å²) in [5.74, 6) is 1.73. The van der Waals surface area contributed by atoms with E-state index < -0.39 is 18.5 Å². The standard InChI is InChI=1S/C29H48O6/c1-5-6-7-8-23-9-11-24(12-10-23)25-13-15-26(16-14-25)27(19-34-28(31)21(2)17-30)20-35-29(32)22(3)18-33-4/h23-27,30H,2-3,5-20H2,1,4H3. The van der Waals surface area contributed by atoms with Gasteiger partial charge in [-0.2, -0.15) is 0 Å². The Morgan fingerprint density at radius 1 is 0.857 bits per heavy atom. The molecule has 35 heavy (non-hydrogen) atoms. The van der Waals surface area contributed by atoms with E-state index in [1.807, 2.05) is 0 Å². The third kappa shape index (κ3) is 10.1. The number of aliphatic hydroxyl groups excluding tert-OH is 1. The van der Waals surface area contributed by atoms with E-state index in [-0.39, 0.29) is 36.9 Å². The maximum absolute atomic E-state index is 12.2. The van der Waals surface area contributed by atoms with Crippen molar-refractivity contribution in [1.82, 2.24) is 0 Å². The largest absolute Gasteiger partial charge is 0.462 e. The van der Waals surface area contributed by atoms with Gasteiger partial charge in [0.25, 0.3) is 0 Å². The van der Waals surface area contributed by atoms with Gasteiger partial charge in [-0.05, 0) is 62.2 Å². The molecule has 6 nitrogen and oxygen atoms in total. The molecule has 0 bridgehead atoms. The first-order valence-electron chi connectivity index (χ1n) is 13.7. The highest BCUT2D eigenvalue weighted by atomic mass is 16.5. The minimum absolute atomic E-state index is 0.0308. The molecule has 2 rings (SSSR count). The maximum Gasteiger partial charge on any atom is 0.335 e. The zero-order valence-corrected chi connectivity index (χ0v) is 22.1. The number of hydrogen-bond donors (Lipinski definition) is 1. The van der Waals surface area contributed by atoms with Crippen molar-refractivity contribution in [2.75, 3.05) is 33.5 Å². The zero-order chi connectivity index (χ0) is 25.6. The van der Waals surface area contributed by atoms with Crippen molar-refractivity contribution in [1.29, 1.82) is 0 Å². The summed E-state index contributed by atoms with van der Waals surface area (Å²) in [4.78, 5) is 24.3. The Kier molecular flexibility index (Phi) is 13.6. The first-order chi connectivity index (χ1) is 16.9. The third-order valence-electron chi connectivity index (χ3n) is 8.20. The summed E-state index contributed by atoms with van der Waals surface area (Å²) in [6.07, 6.45) is 15.5. The van der Waals surface area contributed by atoms with Gasteiger partial charge in [-0.1, -0.05) is 58.6 Å². The molecule has 2 aliphatic rings. The lowest BCUT2D eigenvalue weighted by Crippen LogP contribution is -2.33. The average molecular weight is 493 g/mol. The molecule has 2 fully saturated rings. The Labute approximate surface area is 212 Å². The van der Waals surface area contributed by atoms with Crippen LogP contribution >= 0.6 is 0 Å². The van der Waals surface area contributed by atoms with E-state index in [9.17, 15) is 9.59 Å². The molecule has 0 radical (unpaired) electrons. The van der Waals surface area contributed by atoms with Crippen molar-refractivity contribution in [3.05, 3.63) is 24.3 Å². The van der Waals surface area contributed by atoms with Gasteiger partial charge in [-0.3, -0.25) is 0 Å². The Morgan fingerprint density at radius 2 is 1.40 bits per heavy atom. The Hall–Kier alpha value is -1.66. The molecule has 1 N–H and O–H groups in total. The molecule has 6 heteroatoms. The molecule has 0 aliphatic heterocycles. The molecule has 0 aromatic rings. The number of carbonyl (C=O) groups excluding carboxylic acids is 2. The first kappa shape index (κ1) is 29.6. The van der Waals surface area contributed by atoms with Gasteiger partial charge in [0.1, 0.15) is 0 Å². The second-order valence-corrected chi connectivity index (χ2v) is 10.7. The molecule has 0 spiro atoms. The van der Waals surface area contributed by atoms with Crippen LogP contribution in [0.1, 0.15) is 84.0 Å². The summed E-state index contributed by atoms with van der Waals surface area (Å²) < 4.78 is 15.9. The Bertz CT molecular complexity index is 671. The highest BCUT2D eigenvalue weighted by Gasteiger charge is 2.34. The number of rotatable bonds is 15. The fourth-order valence-electron chi connectivity index (χ4n) is 5.91. The van der Waals surface area contributed by atoms with Gasteiger partial charge >= 0.3 is 11.9 Å². The van der Waals surface area contributed by atoms with Crippen LogP contribution in [0.25, 0.3) is 0 Å². The second-order valence-electron chi connectivity index (χ2n) is 10.7. The minimum Gasteiger partial charge on any atom is -0.462 e. The molecular weight excluding hydrogens is 444 g/mol. The summed E-state index contributed by atoms with van der Waals surface area (Å²) >= 11 is 0. The predicted octanol–water partition coefficient (Wildman–Crippen LogP) is 5.63. The lowest BCUT2D eigenvalue weighted by Gasteiger charge is -2.39. The average Bonchev–Trinajstić information content (AvgIpc) is 2.88. The minimum atomic E-state index is -0.600. The number of unbranched alkanes of at least 4 members (excludes halogenated alkanes) is 2. The molecule has 0 heterocycles. The summed E-state index contributed by atoms with van der Waals surface area (Å²) in [6, 6.07) is 0. The van der Waals surface area contributed by atoms with Crippen LogP contribution in [0.3, 0.4) is 0 Å². The summed E-state index contributed by atoms with van der Waals surface area (Å²) in [6.45, 7) is 9.54. The molecule has 0 aromatic carbocycles. The van der Waals surface area contributed by atoms with Crippen LogP contribution in [0.15, 0.2) is 24.3 Å². The van der Waals surface area contributed by atoms with E-state index in [1.54, 1.807) is 0 Å². The monoisotopic (exact) mass is 492 g/mol. The van der Waals surface area contributed by atoms with Gasteiger partial charge in [0.2, 0.25) is 0 Å². The van der Waals surface area contributed by atoms with Crippen LogP contribution in [0.5, 0.6) is 0 Å². The smallest absolute Gasteiger partial charge is 0.335 e. The molecule has 0 aromatic heterocycles. The lowest BCUT2D eigenvalue weighted by molar-refractivity contribution is -0.146. The number of esters is 2. The first-order valence-corrected chi connectivity index (χ1v) is 13.7. The molecule has 1 unspecified atom stereocenters. The van der Waals surface area contributed by atoms with E-state index in [4.69, 9.17) is 19.3 Å². The van der Waals surface area contributed by atoms with Gasteiger partial charge < -0.3 is 19.3 Å². The van der Waals surface area contributed by atoms with Crippen LogP contribution in [0.4, 0.5) is 0 Å². The second kappa shape index (κ2) is 16.2. The van der Waals surface area contributed by atoms with Crippen LogP contribution in [-0.2, 0) is 23.8 Å². The lowest BCUT2D eigenvalue weighted by atomic mass is 9.67. The SMILES string of the molecule is C=C(CO)C(=O)OCC(COC(=O)C(=C)COC)C1CCC(C2CCC(CCCCC)CC2)CC1. The van der Waals surface area contributed by atoms with Crippen LogP contribution in [0.2, 0.25) is 0 Å². The molecule has 0 amide bonds. The van der Waals surface area contributed by atoms with Crippen molar-refractivity contribution < 1.29 is 28.9 Å². The van der Waals surface area contributed by atoms with Crippen molar-refractivity contribution >= 4 is 11.9 Å². The van der Waals surface area contributed by atoms with Crippen molar-refractivity contribution in [2.24, 2.45) is 29.6 Å². The Morgan fingerprint density at radius 3 is 1.91 bits per heavy atom. The normalized spacial score (nSPS) is 25.5. The number of hydrogen-bond acceptors (Lipinski definition) is 6. The molecule has 1 atom stereocenters. The Balaban J connectivity index is 1.85. The summed E-state index contributed by atoms with van der Waals surface area (Å²) in [5.41, 5.74) is 0.300. The van der Waals surface area contributed by atoms with Gasteiger partial charge in [-0.25, -0.2) is 9.59 Å². The van der Waals surface area contributed by atoms with E-state index in [0.29, 0.717) is 5.92 Å².